The Bertz CT molecular complexity index is 440. The number of rotatable bonds is 12. The Balaban J connectivity index is 2.65. The Kier molecular flexibility index (Phi) is 12.4. The lowest BCUT2D eigenvalue weighted by Gasteiger charge is -2.43. The Morgan fingerprint density at radius 3 is 0.848 bits per heavy atom. The molecule has 0 spiro atoms. The van der Waals surface area contributed by atoms with Gasteiger partial charge in [-0.15, -0.1) is 0 Å². The number of hydrogen-bond donors (Lipinski definition) is 0. The predicted molar refractivity (Wildman–Crippen MR) is 148 cm³/mol. The molecule has 0 bridgehead atoms. The lowest BCUT2D eigenvalue weighted by molar-refractivity contribution is -0.0361. The molecule has 1 aliphatic rings. The predicted octanol–water partition coefficient (Wildman–Crippen LogP) is 8.17. The monoisotopic (exact) mass is 466 g/mol. The Morgan fingerprint density at radius 1 is 0.455 bits per heavy atom. The highest BCUT2D eigenvalue weighted by molar-refractivity contribution is 4.75. The third kappa shape index (κ3) is 16.2. The first-order valence-corrected chi connectivity index (χ1v) is 14.1. The van der Waals surface area contributed by atoms with Crippen LogP contribution in [0.15, 0.2) is 0 Å². The molecule has 3 atom stereocenters. The maximum Gasteiger partial charge on any atom is 0.0529 e. The summed E-state index contributed by atoms with van der Waals surface area (Å²) in [7, 11) is 0. The fraction of sp³-hybridized carbons (Fsp3) is 1.00. The molecule has 0 aromatic rings. The van der Waals surface area contributed by atoms with Crippen molar-refractivity contribution in [1.82, 2.24) is 14.7 Å². The van der Waals surface area contributed by atoms with Gasteiger partial charge in [0.25, 0.3) is 0 Å². The summed E-state index contributed by atoms with van der Waals surface area (Å²) in [6, 6.07) is 0. The quantitative estimate of drug-likeness (QED) is 0.288. The van der Waals surface area contributed by atoms with Crippen molar-refractivity contribution >= 4 is 0 Å². The van der Waals surface area contributed by atoms with E-state index in [1.165, 1.54) is 58.2 Å². The molecule has 1 aliphatic heterocycles. The molecule has 1 rings (SSSR count). The Morgan fingerprint density at radius 2 is 0.667 bits per heavy atom. The van der Waals surface area contributed by atoms with Crippen molar-refractivity contribution in [3.8, 4) is 0 Å². The van der Waals surface area contributed by atoms with Gasteiger partial charge >= 0.3 is 0 Å². The van der Waals surface area contributed by atoms with E-state index in [-0.39, 0.29) is 0 Å². The van der Waals surface area contributed by atoms with Crippen LogP contribution in [0.3, 0.4) is 0 Å². The molecule has 33 heavy (non-hydrogen) atoms. The van der Waals surface area contributed by atoms with Gasteiger partial charge in [0.1, 0.15) is 0 Å². The molecule has 3 heteroatoms. The van der Waals surface area contributed by atoms with Crippen molar-refractivity contribution in [3.05, 3.63) is 0 Å². The molecule has 0 aromatic heterocycles. The molecule has 1 heterocycles. The van der Waals surface area contributed by atoms with Crippen molar-refractivity contribution in [2.24, 2.45) is 34.0 Å². The molecular formula is C30H63N3. The molecule has 1 fully saturated rings. The van der Waals surface area contributed by atoms with Crippen LogP contribution in [0.4, 0.5) is 0 Å². The summed E-state index contributed by atoms with van der Waals surface area (Å²) in [5, 5.41) is 0. The third-order valence-corrected chi connectivity index (χ3v) is 6.90. The van der Waals surface area contributed by atoms with Crippen LogP contribution in [0.1, 0.15) is 122 Å². The van der Waals surface area contributed by atoms with Crippen LogP contribution in [0, 0.1) is 34.0 Å². The minimum Gasteiger partial charge on any atom is -0.277 e. The highest BCUT2D eigenvalue weighted by Crippen LogP contribution is 2.29. The molecule has 0 aliphatic carbocycles. The van der Waals surface area contributed by atoms with E-state index in [2.05, 4.69) is 97.8 Å². The number of hydrogen-bond acceptors (Lipinski definition) is 3. The lowest BCUT2D eigenvalue weighted by atomic mass is 9.84. The van der Waals surface area contributed by atoms with Crippen molar-refractivity contribution in [1.29, 1.82) is 0 Å². The summed E-state index contributed by atoms with van der Waals surface area (Å²) in [4.78, 5) is 8.18. The molecule has 1 saturated heterocycles. The Labute approximate surface area is 210 Å². The SMILES string of the molecule is CC(CCN1CN(CCC(C)CC(C)(C)C)CN(CCC(C)CC(C)(C)C)C1)CC(C)(C)C. The number of nitrogens with zero attached hydrogens (tertiary/aromatic N) is 3. The van der Waals surface area contributed by atoms with Gasteiger partial charge in [-0.25, -0.2) is 0 Å². The fourth-order valence-electron chi connectivity index (χ4n) is 6.06. The summed E-state index contributed by atoms with van der Waals surface area (Å²) in [6.45, 7) is 35.9. The first kappa shape index (κ1) is 30.9. The van der Waals surface area contributed by atoms with E-state index < -0.39 is 0 Å². The van der Waals surface area contributed by atoms with Gasteiger partial charge in [-0.2, -0.15) is 0 Å². The van der Waals surface area contributed by atoms with E-state index >= 15 is 0 Å². The first-order chi connectivity index (χ1) is 14.9. The third-order valence-electron chi connectivity index (χ3n) is 6.90. The maximum atomic E-state index is 2.73. The van der Waals surface area contributed by atoms with E-state index in [1.54, 1.807) is 0 Å². The van der Waals surface area contributed by atoms with Crippen molar-refractivity contribution in [3.63, 3.8) is 0 Å². The van der Waals surface area contributed by atoms with Gasteiger partial charge in [0.15, 0.2) is 0 Å². The second-order valence-corrected chi connectivity index (χ2v) is 15.6. The van der Waals surface area contributed by atoms with Crippen LogP contribution in [0.5, 0.6) is 0 Å². The fourth-order valence-corrected chi connectivity index (χ4v) is 6.06. The van der Waals surface area contributed by atoms with E-state index in [9.17, 15) is 0 Å². The molecule has 3 unspecified atom stereocenters. The zero-order valence-electron chi connectivity index (χ0n) is 25.1. The van der Waals surface area contributed by atoms with Gasteiger partial charge in [0.05, 0.1) is 20.0 Å². The second-order valence-electron chi connectivity index (χ2n) is 15.6. The van der Waals surface area contributed by atoms with Crippen LogP contribution in [0.25, 0.3) is 0 Å². The largest absolute Gasteiger partial charge is 0.277 e. The summed E-state index contributed by atoms with van der Waals surface area (Å²) >= 11 is 0. The molecule has 0 aromatic carbocycles. The van der Waals surface area contributed by atoms with Crippen LogP contribution < -0.4 is 0 Å². The summed E-state index contributed by atoms with van der Waals surface area (Å²) < 4.78 is 0. The van der Waals surface area contributed by atoms with Crippen molar-refractivity contribution in [2.45, 2.75) is 122 Å². The van der Waals surface area contributed by atoms with Crippen molar-refractivity contribution in [2.75, 3.05) is 39.6 Å². The molecule has 0 radical (unpaired) electrons. The normalized spacial score (nSPS) is 20.7. The van der Waals surface area contributed by atoms with Gasteiger partial charge in [0, 0.05) is 19.6 Å². The molecule has 198 valence electrons. The van der Waals surface area contributed by atoms with Crippen LogP contribution >= 0.6 is 0 Å². The standard InChI is InChI=1S/C30H63N3/c1-25(19-28(4,5)6)13-16-31-22-32(17-14-26(2)20-29(7,8)9)24-33(23-31)18-15-27(3)21-30(10,11)12/h25-27H,13-24H2,1-12H3. The molecule has 3 nitrogen and oxygen atoms in total. The average Bonchev–Trinajstić information content (AvgIpc) is 2.59. The minimum atomic E-state index is 0.436. The minimum absolute atomic E-state index is 0.436. The van der Waals surface area contributed by atoms with E-state index in [1.807, 2.05) is 0 Å². The van der Waals surface area contributed by atoms with Gasteiger partial charge in [-0.1, -0.05) is 83.1 Å². The van der Waals surface area contributed by atoms with Gasteiger partial charge < -0.3 is 0 Å². The highest BCUT2D eigenvalue weighted by atomic mass is 15.5. The zero-order chi connectivity index (χ0) is 25.4. The molecule has 0 amide bonds. The lowest BCUT2D eigenvalue weighted by Crippen LogP contribution is -2.55. The first-order valence-electron chi connectivity index (χ1n) is 14.1. The average molecular weight is 466 g/mol. The summed E-state index contributed by atoms with van der Waals surface area (Å²) in [6.07, 6.45) is 7.92. The van der Waals surface area contributed by atoms with E-state index in [4.69, 9.17) is 0 Å². The smallest absolute Gasteiger partial charge is 0.0529 e. The molecule has 0 saturated carbocycles. The molecular weight excluding hydrogens is 402 g/mol. The second kappa shape index (κ2) is 13.3. The van der Waals surface area contributed by atoms with Crippen LogP contribution in [-0.2, 0) is 0 Å². The van der Waals surface area contributed by atoms with Crippen LogP contribution in [-0.4, -0.2) is 54.3 Å². The van der Waals surface area contributed by atoms with Crippen LogP contribution in [0.2, 0.25) is 0 Å². The highest BCUT2D eigenvalue weighted by Gasteiger charge is 2.26. The maximum absolute atomic E-state index is 2.73. The summed E-state index contributed by atoms with van der Waals surface area (Å²) in [5.41, 5.74) is 1.31. The van der Waals surface area contributed by atoms with Gasteiger partial charge in [0.2, 0.25) is 0 Å². The van der Waals surface area contributed by atoms with Crippen molar-refractivity contribution < 1.29 is 0 Å². The molecule has 0 N–H and O–H groups in total. The zero-order valence-corrected chi connectivity index (χ0v) is 25.1. The van der Waals surface area contributed by atoms with E-state index in [0.717, 1.165) is 37.8 Å². The summed E-state index contributed by atoms with van der Waals surface area (Å²) in [5.74, 6) is 2.40. The van der Waals surface area contributed by atoms with E-state index in [0.29, 0.717) is 16.2 Å². The topological polar surface area (TPSA) is 9.72 Å². The van der Waals surface area contributed by atoms with Gasteiger partial charge in [-0.05, 0) is 72.5 Å². The van der Waals surface area contributed by atoms with Gasteiger partial charge in [-0.3, -0.25) is 14.7 Å². The Hall–Kier alpha value is -0.120.